The topological polar surface area (TPSA) is 72.7 Å². The highest BCUT2D eigenvalue weighted by Gasteiger charge is 2.28. The maximum absolute atomic E-state index is 11.6. The van der Waals surface area contributed by atoms with Crippen LogP contribution in [0.3, 0.4) is 0 Å². The zero-order valence-electron chi connectivity index (χ0n) is 17.4. The maximum atomic E-state index is 11.6. The zero-order chi connectivity index (χ0) is 20.5. The van der Waals surface area contributed by atoms with Crippen molar-refractivity contribution >= 4 is 17.9 Å². The van der Waals surface area contributed by atoms with Crippen molar-refractivity contribution in [2.24, 2.45) is 16.2 Å². The average Bonchev–Trinajstić information content (AvgIpc) is 3.19. The number of benzene rings is 1. The molecule has 0 radical (unpaired) electrons. The van der Waals surface area contributed by atoms with Gasteiger partial charge in [0.2, 0.25) is 0 Å². The first kappa shape index (κ1) is 21.3. The number of carbonyl (C=O) groups excluding carboxylic acids is 1. The van der Waals surface area contributed by atoms with Gasteiger partial charge in [0.05, 0.1) is 18.5 Å². The van der Waals surface area contributed by atoms with Crippen molar-refractivity contribution in [3.63, 3.8) is 0 Å². The molecule has 3 rings (SSSR count). The number of nitrogens with zero attached hydrogens (tertiary/aromatic N) is 3. The van der Waals surface area contributed by atoms with Gasteiger partial charge in [-0.1, -0.05) is 34.6 Å². The lowest BCUT2D eigenvalue weighted by Gasteiger charge is -2.32. The molecule has 0 aliphatic carbocycles. The molecule has 0 N–H and O–H groups in total. The molecule has 0 bridgehead atoms. The van der Waals surface area contributed by atoms with Crippen molar-refractivity contribution in [2.45, 2.75) is 45.6 Å². The van der Waals surface area contributed by atoms with E-state index in [0.717, 1.165) is 55.7 Å². The Bertz CT molecular complexity index is 709. The fourth-order valence-corrected chi connectivity index (χ4v) is 3.75. The van der Waals surface area contributed by atoms with Crippen LogP contribution in [-0.4, -0.2) is 61.7 Å². The van der Waals surface area contributed by atoms with Gasteiger partial charge in [-0.2, -0.15) is 0 Å². The Morgan fingerprint density at radius 3 is 2.69 bits per heavy atom. The normalized spacial score (nSPS) is 20.5. The van der Waals surface area contributed by atoms with Crippen LogP contribution in [0, 0.1) is 5.92 Å². The summed E-state index contributed by atoms with van der Waals surface area (Å²) >= 11 is 0. The summed E-state index contributed by atoms with van der Waals surface area (Å²) in [6.07, 6.45) is 5.21. The number of carbonyl (C=O) groups is 1. The van der Waals surface area contributed by atoms with Gasteiger partial charge in [-0.3, -0.25) is 9.69 Å². The molecule has 158 valence electrons. The number of hydrogen-bond donors (Lipinski definition) is 0. The summed E-state index contributed by atoms with van der Waals surface area (Å²) in [5, 5.41) is 8.19. The molecule has 0 amide bonds. The van der Waals surface area contributed by atoms with Crippen LogP contribution in [0.1, 0.15) is 50.7 Å². The van der Waals surface area contributed by atoms with Gasteiger partial charge < -0.3 is 14.4 Å². The summed E-state index contributed by atoms with van der Waals surface area (Å²) in [6.45, 7) is 7.64. The van der Waals surface area contributed by atoms with Crippen molar-refractivity contribution in [1.29, 1.82) is 0 Å². The van der Waals surface area contributed by atoms with Crippen molar-refractivity contribution < 1.29 is 19.2 Å². The molecule has 1 saturated heterocycles. The van der Waals surface area contributed by atoms with Gasteiger partial charge in [-0.25, -0.2) is 0 Å². The SMILES string of the molecule is CCON=Cc1ccc(C2=NOC(CN3CCC(CC(=O)OCC)CC3)C2)cc1. The number of rotatable bonds is 9. The quantitative estimate of drug-likeness (QED) is 0.361. The Hall–Kier alpha value is -2.41. The van der Waals surface area contributed by atoms with Crippen LogP contribution in [0.25, 0.3) is 0 Å². The molecule has 2 heterocycles. The minimum atomic E-state index is -0.0710. The van der Waals surface area contributed by atoms with E-state index >= 15 is 0 Å². The highest BCUT2D eigenvalue weighted by atomic mass is 16.6. The van der Waals surface area contributed by atoms with Gasteiger partial charge in [-0.05, 0) is 56.8 Å². The van der Waals surface area contributed by atoms with Crippen LogP contribution in [0.2, 0.25) is 0 Å². The van der Waals surface area contributed by atoms with Gasteiger partial charge in [0.15, 0.2) is 0 Å². The second-order valence-corrected chi connectivity index (χ2v) is 7.50. The summed E-state index contributed by atoms with van der Waals surface area (Å²) in [5.74, 6) is 0.365. The molecule has 1 unspecified atom stereocenters. The molecule has 1 aromatic rings. The molecule has 7 nitrogen and oxygen atoms in total. The van der Waals surface area contributed by atoms with Crippen LogP contribution < -0.4 is 0 Å². The molecule has 1 fully saturated rings. The first-order chi connectivity index (χ1) is 14.2. The van der Waals surface area contributed by atoms with Crippen LogP contribution >= 0.6 is 0 Å². The monoisotopic (exact) mass is 401 g/mol. The van der Waals surface area contributed by atoms with Crippen molar-refractivity contribution in [1.82, 2.24) is 4.90 Å². The summed E-state index contributed by atoms with van der Waals surface area (Å²) in [7, 11) is 0. The van der Waals surface area contributed by atoms with E-state index in [9.17, 15) is 4.79 Å². The van der Waals surface area contributed by atoms with Crippen LogP contribution in [-0.2, 0) is 19.2 Å². The van der Waals surface area contributed by atoms with E-state index in [4.69, 9.17) is 14.4 Å². The van der Waals surface area contributed by atoms with Gasteiger partial charge in [0.25, 0.3) is 0 Å². The molecule has 2 aliphatic heterocycles. The Morgan fingerprint density at radius 2 is 2.00 bits per heavy atom. The number of oxime groups is 2. The lowest BCUT2D eigenvalue weighted by atomic mass is 9.93. The minimum Gasteiger partial charge on any atom is -0.466 e. The highest BCUT2D eigenvalue weighted by Crippen LogP contribution is 2.23. The Labute approximate surface area is 172 Å². The van der Waals surface area contributed by atoms with Gasteiger partial charge in [0.1, 0.15) is 12.7 Å². The van der Waals surface area contributed by atoms with Crippen LogP contribution in [0.4, 0.5) is 0 Å². The van der Waals surface area contributed by atoms with Crippen molar-refractivity contribution in [3.05, 3.63) is 35.4 Å². The van der Waals surface area contributed by atoms with Crippen LogP contribution in [0.5, 0.6) is 0 Å². The highest BCUT2D eigenvalue weighted by molar-refractivity contribution is 6.01. The van der Waals surface area contributed by atoms with E-state index in [1.165, 1.54) is 0 Å². The second-order valence-electron chi connectivity index (χ2n) is 7.50. The molecule has 1 aromatic carbocycles. The third kappa shape index (κ3) is 6.56. The van der Waals surface area contributed by atoms with Crippen molar-refractivity contribution in [3.8, 4) is 0 Å². The van der Waals surface area contributed by atoms with E-state index in [-0.39, 0.29) is 12.1 Å². The number of esters is 1. The Morgan fingerprint density at radius 1 is 1.24 bits per heavy atom. The predicted molar refractivity (Wildman–Crippen MR) is 112 cm³/mol. The van der Waals surface area contributed by atoms with Crippen LogP contribution in [0.15, 0.2) is 34.6 Å². The third-order valence-electron chi connectivity index (χ3n) is 5.31. The summed E-state index contributed by atoms with van der Waals surface area (Å²) in [5.41, 5.74) is 3.05. The fraction of sp³-hybridized carbons (Fsp3) is 0.591. The summed E-state index contributed by atoms with van der Waals surface area (Å²) in [4.78, 5) is 24.7. The standard InChI is InChI=1S/C22H31N3O4/c1-3-27-22(26)13-17-9-11-25(12-10-17)16-20-14-21(24-29-20)19-7-5-18(6-8-19)15-23-28-4-2/h5-8,15,17,20H,3-4,9-14,16H2,1-2H3. The number of hydrogen-bond acceptors (Lipinski definition) is 7. The van der Waals surface area contributed by atoms with E-state index in [1.54, 1.807) is 6.21 Å². The second kappa shape index (κ2) is 11.0. The number of ether oxygens (including phenoxy) is 1. The largest absolute Gasteiger partial charge is 0.466 e. The fourth-order valence-electron chi connectivity index (χ4n) is 3.75. The Balaban J connectivity index is 1.40. The minimum absolute atomic E-state index is 0.0710. The average molecular weight is 402 g/mol. The third-order valence-corrected chi connectivity index (χ3v) is 5.31. The first-order valence-electron chi connectivity index (χ1n) is 10.5. The molecule has 0 aromatic heterocycles. The smallest absolute Gasteiger partial charge is 0.306 e. The van der Waals surface area contributed by atoms with Gasteiger partial charge in [-0.15, -0.1) is 0 Å². The predicted octanol–water partition coefficient (Wildman–Crippen LogP) is 3.22. The lowest BCUT2D eigenvalue weighted by Crippen LogP contribution is -2.39. The summed E-state index contributed by atoms with van der Waals surface area (Å²) < 4.78 is 5.06. The molecule has 0 saturated carbocycles. The molecule has 7 heteroatoms. The number of piperidine rings is 1. The number of likely N-dealkylation sites (tertiary alicyclic amines) is 1. The maximum Gasteiger partial charge on any atom is 0.306 e. The molecule has 1 atom stereocenters. The molecule has 0 spiro atoms. The van der Waals surface area contributed by atoms with Gasteiger partial charge in [0, 0.05) is 19.4 Å². The van der Waals surface area contributed by atoms with E-state index < -0.39 is 0 Å². The first-order valence-corrected chi connectivity index (χ1v) is 10.5. The summed E-state index contributed by atoms with van der Waals surface area (Å²) in [6, 6.07) is 8.08. The Kier molecular flexibility index (Phi) is 8.04. The van der Waals surface area contributed by atoms with Crippen molar-refractivity contribution in [2.75, 3.05) is 32.8 Å². The molecule has 2 aliphatic rings. The lowest BCUT2D eigenvalue weighted by molar-refractivity contribution is -0.144. The molecular formula is C22H31N3O4. The van der Waals surface area contributed by atoms with E-state index in [1.807, 2.05) is 38.1 Å². The molecule has 29 heavy (non-hydrogen) atoms. The van der Waals surface area contributed by atoms with Gasteiger partial charge >= 0.3 is 5.97 Å². The van der Waals surface area contributed by atoms with E-state index in [2.05, 4.69) is 15.2 Å². The van der Waals surface area contributed by atoms with E-state index in [0.29, 0.717) is 25.6 Å². The molecular weight excluding hydrogens is 370 g/mol. The zero-order valence-corrected chi connectivity index (χ0v) is 17.4.